The van der Waals surface area contributed by atoms with Gasteiger partial charge in [0, 0.05) is 0 Å². The molecule has 2 atom stereocenters. The number of esters is 1. The fraction of sp³-hybridized carbons (Fsp3) is 0.600. The van der Waals surface area contributed by atoms with E-state index in [0.717, 1.165) is 0 Å². The topological polar surface area (TPSA) is 75.6 Å². The molecule has 0 radical (unpaired) electrons. The molecular formula is C10H17NO4. The smallest absolute Gasteiger partial charge is 0.328 e. The highest BCUT2D eigenvalue weighted by molar-refractivity contribution is 5.86. The third-order valence-electron chi connectivity index (χ3n) is 1.86. The maximum atomic E-state index is 11.3. The number of nitrogens with one attached hydrogen (secondary N) is 1. The summed E-state index contributed by atoms with van der Waals surface area (Å²) in [5.74, 6) is -1.12. The molecule has 0 saturated carbocycles. The van der Waals surface area contributed by atoms with Gasteiger partial charge in [-0.2, -0.15) is 0 Å². The Hall–Kier alpha value is -1.36. The minimum absolute atomic E-state index is 0.295. The number of carbonyl (C=O) groups excluding carboxylic acids is 2. The summed E-state index contributed by atoms with van der Waals surface area (Å²) in [5.41, 5.74) is 0. The fourth-order valence-electron chi connectivity index (χ4n) is 0.952. The van der Waals surface area contributed by atoms with Crippen molar-refractivity contribution in [1.82, 2.24) is 5.32 Å². The second-order valence-corrected chi connectivity index (χ2v) is 3.14. The van der Waals surface area contributed by atoms with Crippen molar-refractivity contribution in [3.8, 4) is 0 Å². The summed E-state index contributed by atoms with van der Waals surface area (Å²) >= 11 is 0. The molecule has 2 N–H and O–H groups in total. The van der Waals surface area contributed by atoms with Crippen molar-refractivity contribution in [2.45, 2.75) is 31.9 Å². The second kappa shape index (κ2) is 7.00. The maximum Gasteiger partial charge on any atom is 0.328 e. The third-order valence-corrected chi connectivity index (χ3v) is 1.86. The molecule has 0 aromatic rings. The predicted molar refractivity (Wildman–Crippen MR) is 55.1 cm³/mol. The zero-order valence-electron chi connectivity index (χ0n) is 9.03. The number of hydrogen-bond donors (Lipinski definition) is 2. The molecule has 15 heavy (non-hydrogen) atoms. The van der Waals surface area contributed by atoms with Gasteiger partial charge in [0.2, 0.25) is 5.91 Å². The molecule has 5 heteroatoms. The molecule has 86 valence electrons. The minimum Gasteiger partial charge on any atom is -0.467 e. The van der Waals surface area contributed by atoms with E-state index in [1.165, 1.54) is 14.0 Å². The van der Waals surface area contributed by atoms with Crippen LogP contribution in [-0.2, 0) is 14.3 Å². The molecule has 0 fully saturated rings. The second-order valence-electron chi connectivity index (χ2n) is 3.14. The molecule has 0 bridgehead atoms. The van der Waals surface area contributed by atoms with Crippen LogP contribution in [0.25, 0.3) is 0 Å². The van der Waals surface area contributed by atoms with E-state index in [0.29, 0.717) is 12.8 Å². The van der Waals surface area contributed by atoms with Crippen molar-refractivity contribution in [3.05, 3.63) is 12.7 Å². The van der Waals surface area contributed by atoms with Crippen LogP contribution >= 0.6 is 0 Å². The predicted octanol–water partition coefficient (Wildman–Crippen LogP) is -0.00880. The zero-order valence-corrected chi connectivity index (χ0v) is 9.03. The summed E-state index contributed by atoms with van der Waals surface area (Å²) in [4.78, 5) is 22.2. The Morgan fingerprint density at radius 1 is 1.60 bits per heavy atom. The Labute approximate surface area is 89.1 Å². The van der Waals surface area contributed by atoms with Gasteiger partial charge in [0.25, 0.3) is 0 Å². The van der Waals surface area contributed by atoms with Crippen molar-refractivity contribution < 1.29 is 19.4 Å². The molecular weight excluding hydrogens is 198 g/mol. The quantitative estimate of drug-likeness (QED) is 0.482. The molecule has 0 spiro atoms. The molecule has 5 nitrogen and oxygen atoms in total. The van der Waals surface area contributed by atoms with E-state index in [2.05, 4.69) is 16.6 Å². The van der Waals surface area contributed by atoms with E-state index >= 15 is 0 Å². The first kappa shape index (κ1) is 13.6. The van der Waals surface area contributed by atoms with Crippen molar-refractivity contribution >= 4 is 11.9 Å². The van der Waals surface area contributed by atoms with Gasteiger partial charge in [-0.25, -0.2) is 4.79 Å². The van der Waals surface area contributed by atoms with E-state index in [9.17, 15) is 14.7 Å². The van der Waals surface area contributed by atoms with Crippen LogP contribution in [0.5, 0.6) is 0 Å². The number of rotatable bonds is 6. The van der Waals surface area contributed by atoms with E-state index in [1.54, 1.807) is 6.08 Å². The monoisotopic (exact) mass is 215 g/mol. The average Bonchev–Trinajstić information content (AvgIpc) is 2.24. The number of allylic oxidation sites excluding steroid dienone is 1. The zero-order chi connectivity index (χ0) is 11.8. The first-order chi connectivity index (χ1) is 7.02. The van der Waals surface area contributed by atoms with Gasteiger partial charge in [-0.15, -0.1) is 6.58 Å². The first-order valence-corrected chi connectivity index (χ1v) is 4.70. The van der Waals surface area contributed by atoms with Crippen molar-refractivity contribution in [2.75, 3.05) is 7.11 Å². The molecule has 1 amide bonds. The van der Waals surface area contributed by atoms with Crippen LogP contribution in [-0.4, -0.2) is 36.2 Å². The lowest BCUT2D eigenvalue weighted by Crippen LogP contribution is -2.44. The molecule has 0 aromatic carbocycles. The lowest BCUT2D eigenvalue weighted by molar-refractivity contribution is -0.145. The van der Waals surface area contributed by atoms with E-state index in [-0.39, 0.29) is 0 Å². The van der Waals surface area contributed by atoms with Crippen LogP contribution in [0.2, 0.25) is 0 Å². The number of aliphatic hydroxyl groups is 1. The lowest BCUT2D eigenvalue weighted by atomic mass is 10.2. The highest BCUT2D eigenvalue weighted by atomic mass is 16.5. The number of hydrogen-bond acceptors (Lipinski definition) is 4. The van der Waals surface area contributed by atoms with Crippen molar-refractivity contribution in [3.63, 3.8) is 0 Å². The van der Waals surface area contributed by atoms with Crippen molar-refractivity contribution in [1.29, 1.82) is 0 Å². The van der Waals surface area contributed by atoms with Crippen LogP contribution in [0.3, 0.4) is 0 Å². The van der Waals surface area contributed by atoms with Gasteiger partial charge >= 0.3 is 5.97 Å². The van der Waals surface area contributed by atoms with Crippen LogP contribution in [0.1, 0.15) is 19.8 Å². The Bertz CT molecular complexity index is 240. The molecule has 0 aromatic heterocycles. The van der Waals surface area contributed by atoms with Crippen LogP contribution in [0.15, 0.2) is 12.7 Å². The molecule has 1 unspecified atom stereocenters. The standard InChI is InChI=1S/C10H17NO4/c1-4-5-6-8(12)9(13)11-7(2)10(14)15-3/h4,7-8,12H,1,5-6H2,2-3H3,(H,11,13)/t7?,8-/m1/s1. The summed E-state index contributed by atoms with van der Waals surface area (Å²) in [6, 6.07) is -0.749. The van der Waals surface area contributed by atoms with Crippen molar-refractivity contribution in [2.24, 2.45) is 0 Å². The fourth-order valence-corrected chi connectivity index (χ4v) is 0.952. The number of carbonyl (C=O) groups is 2. The summed E-state index contributed by atoms with van der Waals surface area (Å²) in [6.45, 7) is 4.97. The van der Waals surface area contributed by atoms with Crippen LogP contribution in [0, 0.1) is 0 Å². The molecule has 0 saturated heterocycles. The van der Waals surface area contributed by atoms with Crippen LogP contribution < -0.4 is 5.32 Å². The maximum absolute atomic E-state index is 11.3. The SMILES string of the molecule is C=CCC[C@@H](O)C(=O)NC(C)C(=O)OC. The van der Waals surface area contributed by atoms with Gasteiger partial charge in [-0.05, 0) is 19.8 Å². The Balaban J connectivity index is 4.00. The minimum atomic E-state index is -1.12. The normalized spacial score (nSPS) is 13.8. The van der Waals surface area contributed by atoms with Gasteiger partial charge in [-0.3, -0.25) is 4.79 Å². The largest absolute Gasteiger partial charge is 0.467 e. The summed E-state index contributed by atoms with van der Waals surface area (Å²) in [7, 11) is 1.24. The highest BCUT2D eigenvalue weighted by Gasteiger charge is 2.20. The third kappa shape index (κ3) is 5.17. The van der Waals surface area contributed by atoms with Gasteiger partial charge in [0.15, 0.2) is 0 Å². The van der Waals surface area contributed by atoms with Gasteiger partial charge in [-0.1, -0.05) is 6.08 Å². The summed E-state index contributed by atoms with van der Waals surface area (Å²) in [6.07, 6.45) is 1.33. The van der Waals surface area contributed by atoms with E-state index < -0.39 is 24.0 Å². The summed E-state index contributed by atoms with van der Waals surface area (Å²) in [5, 5.41) is 11.7. The molecule has 0 aliphatic rings. The highest BCUT2D eigenvalue weighted by Crippen LogP contribution is 1.98. The Kier molecular flexibility index (Phi) is 6.37. The van der Waals surface area contributed by atoms with Gasteiger partial charge < -0.3 is 15.2 Å². The Morgan fingerprint density at radius 3 is 2.67 bits per heavy atom. The summed E-state index contributed by atoms with van der Waals surface area (Å²) < 4.78 is 4.42. The number of amides is 1. The molecule has 0 rings (SSSR count). The first-order valence-electron chi connectivity index (χ1n) is 4.70. The van der Waals surface area contributed by atoms with Gasteiger partial charge in [0.1, 0.15) is 12.1 Å². The lowest BCUT2D eigenvalue weighted by Gasteiger charge is -2.14. The molecule has 0 aliphatic carbocycles. The molecule has 0 heterocycles. The average molecular weight is 215 g/mol. The van der Waals surface area contributed by atoms with Gasteiger partial charge in [0.05, 0.1) is 7.11 Å². The number of methoxy groups -OCH3 is 1. The Morgan fingerprint density at radius 2 is 2.20 bits per heavy atom. The van der Waals surface area contributed by atoms with E-state index in [4.69, 9.17) is 0 Å². The van der Waals surface area contributed by atoms with E-state index in [1.807, 2.05) is 0 Å². The molecule has 0 aliphatic heterocycles. The number of aliphatic hydroxyl groups excluding tert-OH is 1. The van der Waals surface area contributed by atoms with Crippen LogP contribution in [0.4, 0.5) is 0 Å². The number of ether oxygens (including phenoxy) is 1.